The lowest BCUT2D eigenvalue weighted by Crippen LogP contribution is -2.33. The second kappa shape index (κ2) is 5.25. The molecule has 4 nitrogen and oxygen atoms in total. The van der Waals surface area contributed by atoms with Gasteiger partial charge in [0.25, 0.3) is 5.91 Å². The van der Waals surface area contributed by atoms with Crippen molar-refractivity contribution in [1.29, 1.82) is 0 Å². The fourth-order valence-electron chi connectivity index (χ4n) is 2.96. The molecule has 0 atom stereocenters. The second-order valence-corrected chi connectivity index (χ2v) is 5.43. The van der Waals surface area contributed by atoms with Crippen LogP contribution in [0.4, 0.5) is 16.2 Å². The van der Waals surface area contributed by atoms with Crippen LogP contribution in [0, 0.1) is 0 Å². The van der Waals surface area contributed by atoms with Gasteiger partial charge < -0.3 is 0 Å². The predicted molar refractivity (Wildman–Crippen MR) is 90.6 cm³/mol. The van der Waals surface area contributed by atoms with E-state index < -0.39 is 0 Å². The smallest absolute Gasteiger partial charge is 0.284 e. The van der Waals surface area contributed by atoms with Crippen LogP contribution >= 0.6 is 0 Å². The monoisotopic (exact) mass is 302 g/mol. The highest BCUT2D eigenvalue weighted by Crippen LogP contribution is 2.31. The molecule has 23 heavy (non-hydrogen) atoms. The molecule has 1 aliphatic heterocycles. The van der Waals surface area contributed by atoms with Gasteiger partial charge in [-0.1, -0.05) is 54.6 Å². The molecule has 3 aromatic rings. The van der Waals surface area contributed by atoms with E-state index >= 15 is 0 Å². The van der Waals surface area contributed by atoms with Crippen molar-refractivity contribution in [1.82, 2.24) is 0 Å². The van der Waals surface area contributed by atoms with Crippen molar-refractivity contribution < 1.29 is 9.59 Å². The molecule has 0 bridgehead atoms. The van der Waals surface area contributed by atoms with Crippen LogP contribution in [-0.4, -0.2) is 18.5 Å². The maximum Gasteiger partial charge on any atom is 0.336 e. The highest BCUT2D eigenvalue weighted by atomic mass is 16.2. The Bertz CT molecular complexity index is 900. The summed E-state index contributed by atoms with van der Waals surface area (Å²) in [7, 11) is 0. The van der Waals surface area contributed by atoms with Gasteiger partial charge in [0.05, 0.1) is 11.4 Å². The second-order valence-electron chi connectivity index (χ2n) is 5.43. The van der Waals surface area contributed by atoms with Crippen LogP contribution in [0.1, 0.15) is 0 Å². The zero-order valence-electron chi connectivity index (χ0n) is 12.3. The van der Waals surface area contributed by atoms with Crippen LogP contribution in [0.5, 0.6) is 0 Å². The standard InChI is InChI=1S/C19H14N2O2/c22-18-13-20(19(23)21(18)15-9-2-1-3-10-15)17-12-6-8-14-7-4-5-11-16(14)17/h1-12H,13H2. The summed E-state index contributed by atoms with van der Waals surface area (Å²) in [6.07, 6.45) is 0. The van der Waals surface area contributed by atoms with Crippen molar-refractivity contribution in [2.75, 3.05) is 16.3 Å². The van der Waals surface area contributed by atoms with Crippen molar-refractivity contribution in [3.8, 4) is 0 Å². The minimum absolute atomic E-state index is 0.0573. The molecule has 0 saturated carbocycles. The van der Waals surface area contributed by atoms with Crippen molar-refractivity contribution in [2.24, 2.45) is 0 Å². The van der Waals surface area contributed by atoms with E-state index in [0.717, 1.165) is 16.5 Å². The number of hydrogen-bond donors (Lipinski definition) is 0. The van der Waals surface area contributed by atoms with Gasteiger partial charge in [0.2, 0.25) is 0 Å². The fourth-order valence-corrected chi connectivity index (χ4v) is 2.96. The Labute approximate surface area is 133 Å². The van der Waals surface area contributed by atoms with Crippen molar-refractivity contribution in [3.63, 3.8) is 0 Å². The molecule has 1 saturated heterocycles. The van der Waals surface area contributed by atoms with Gasteiger partial charge in [-0.05, 0) is 23.6 Å². The van der Waals surface area contributed by atoms with Crippen LogP contribution in [0.2, 0.25) is 0 Å². The number of carbonyl (C=O) groups excluding carboxylic acids is 2. The zero-order chi connectivity index (χ0) is 15.8. The lowest BCUT2D eigenvalue weighted by atomic mass is 10.1. The molecule has 0 N–H and O–H groups in total. The van der Waals surface area contributed by atoms with Gasteiger partial charge in [0.1, 0.15) is 6.54 Å². The van der Waals surface area contributed by atoms with Crippen molar-refractivity contribution in [2.45, 2.75) is 0 Å². The highest BCUT2D eigenvalue weighted by molar-refractivity contribution is 6.28. The first-order chi connectivity index (χ1) is 11.3. The number of fused-ring (bicyclic) bond motifs is 1. The molecular formula is C19H14N2O2. The number of benzene rings is 3. The average Bonchev–Trinajstić information content (AvgIpc) is 2.89. The van der Waals surface area contributed by atoms with Gasteiger partial charge in [0.15, 0.2) is 0 Å². The predicted octanol–water partition coefficient (Wildman–Crippen LogP) is 3.81. The number of anilines is 2. The van der Waals surface area contributed by atoms with E-state index in [1.165, 1.54) is 9.80 Å². The Kier molecular flexibility index (Phi) is 3.08. The fraction of sp³-hybridized carbons (Fsp3) is 0.0526. The maximum atomic E-state index is 12.8. The zero-order valence-corrected chi connectivity index (χ0v) is 12.3. The van der Waals surface area contributed by atoms with E-state index in [1.54, 1.807) is 12.1 Å². The quantitative estimate of drug-likeness (QED) is 0.675. The Morgan fingerprint density at radius 1 is 0.739 bits per heavy atom. The lowest BCUT2D eigenvalue weighted by molar-refractivity contribution is -0.115. The largest absolute Gasteiger partial charge is 0.336 e. The molecule has 112 valence electrons. The average molecular weight is 302 g/mol. The molecule has 0 aliphatic carbocycles. The summed E-state index contributed by atoms with van der Waals surface area (Å²) >= 11 is 0. The minimum atomic E-state index is -0.308. The summed E-state index contributed by atoms with van der Waals surface area (Å²) in [5, 5.41) is 2.01. The lowest BCUT2D eigenvalue weighted by Gasteiger charge is -2.18. The molecule has 0 aromatic heterocycles. The molecule has 1 heterocycles. The van der Waals surface area contributed by atoms with Crippen LogP contribution in [0.15, 0.2) is 72.8 Å². The molecule has 1 aliphatic rings. The van der Waals surface area contributed by atoms with Crippen molar-refractivity contribution >= 4 is 34.1 Å². The van der Waals surface area contributed by atoms with Gasteiger partial charge in [-0.3, -0.25) is 9.69 Å². The molecule has 0 radical (unpaired) electrons. The molecule has 4 heteroatoms. The molecule has 3 amide bonds. The summed E-state index contributed by atoms with van der Waals surface area (Å²) in [5.41, 5.74) is 1.37. The normalized spacial score (nSPS) is 14.8. The van der Waals surface area contributed by atoms with E-state index in [9.17, 15) is 9.59 Å². The van der Waals surface area contributed by atoms with Crippen LogP contribution < -0.4 is 9.80 Å². The number of nitrogens with zero attached hydrogens (tertiary/aromatic N) is 2. The molecule has 3 aromatic carbocycles. The van der Waals surface area contributed by atoms with Gasteiger partial charge in [-0.25, -0.2) is 9.69 Å². The van der Waals surface area contributed by atoms with Gasteiger partial charge in [-0.2, -0.15) is 0 Å². The van der Waals surface area contributed by atoms with E-state index in [1.807, 2.05) is 60.7 Å². The van der Waals surface area contributed by atoms with Gasteiger partial charge in [-0.15, -0.1) is 0 Å². The van der Waals surface area contributed by atoms with Crippen LogP contribution in [0.3, 0.4) is 0 Å². The highest BCUT2D eigenvalue weighted by Gasteiger charge is 2.38. The molecule has 1 fully saturated rings. The summed E-state index contributed by atoms with van der Waals surface area (Å²) in [6.45, 7) is 0.0573. The third kappa shape index (κ3) is 2.16. The summed E-state index contributed by atoms with van der Waals surface area (Å²) in [4.78, 5) is 27.9. The Morgan fingerprint density at radius 3 is 2.26 bits per heavy atom. The summed E-state index contributed by atoms with van der Waals surface area (Å²) in [5.74, 6) is -0.214. The van der Waals surface area contributed by atoms with E-state index in [4.69, 9.17) is 0 Å². The molecular weight excluding hydrogens is 288 g/mol. The Morgan fingerprint density at radius 2 is 1.43 bits per heavy atom. The number of carbonyl (C=O) groups is 2. The maximum absolute atomic E-state index is 12.8. The first kappa shape index (κ1) is 13.5. The van der Waals surface area contributed by atoms with E-state index in [-0.39, 0.29) is 18.5 Å². The number of amides is 3. The number of para-hydroxylation sites is 1. The third-order valence-corrected chi connectivity index (χ3v) is 4.04. The number of rotatable bonds is 2. The number of hydrogen-bond acceptors (Lipinski definition) is 2. The summed E-state index contributed by atoms with van der Waals surface area (Å²) in [6, 6.07) is 22.3. The summed E-state index contributed by atoms with van der Waals surface area (Å²) < 4.78 is 0. The van der Waals surface area contributed by atoms with Gasteiger partial charge in [0, 0.05) is 5.39 Å². The Balaban J connectivity index is 1.79. The topological polar surface area (TPSA) is 40.6 Å². The third-order valence-electron chi connectivity index (χ3n) is 4.04. The molecule has 0 unspecified atom stereocenters. The van der Waals surface area contributed by atoms with Crippen molar-refractivity contribution in [3.05, 3.63) is 72.8 Å². The Hall–Kier alpha value is -3.14. The first-order valence-corrected chi connectivity index (χ1v) is 7.43. The van der Waals surface area contributed by atoms with E-state index in [2.05, 4.69) is 0 Å². The first-order valence-electron chi connectivity index (χ1n) is 7.43. The molecule has 0 spiro atoms. The van der Waals surface area contributed by atoms with Crippen LogP contribution in [0.25, 0.3) is 10.8 Å². The van der Waals surface area contributed by atoms with Crippen LogP contribution in [-0.2, 0) is 4.79 Å². The number of imide groups is 1. The SMILES string of the molecule is O=C1CN(c2cccc3ccccc23)C(=O)N1c1ccccc1. The minimum Gasteiger partial charge on any atom is -0.284 e. The van der Waals surface area contributed by atoms with Gasteiger partial charge >= 0.3 is 6.03 Å². The van der Waals surface area contributed by atoms with E-state index in [0.29, 0.717) is 5.69 Å². The molecule has 4 rings (SSSR count). The number of urea groups is 1.